The molecule has 0 radical (unpaired) electrons. The summed E-state index contributed by atoms with van der Waals surface area (Å²) < 4.78 is 7.43. The van der Waals surface area contributed by atoms with Gasteiger partial charge in [0, 0.05) is 60.4 Å². The number of nitrogens with one attached hydrogen (secondary N) is 1. The maximum Gasteiger partial charge on any atom is 0.336 e. The molecule has 0 atom stereocenters. The van der Waals surface area contributed by atoms with Crippen LogP contribution in [0.5, 0.6) is 0 Å². The minimum Gasteiger partial charge on any atom is -0.423 e. The zero-order valence-corrected chi connectivity index (χ0v) is 18.0. The molecule has 0 bridgehead atoms. The van der Waals surface area contributed by atoms with Gasteiger partial charge < -0.3 is 14.3 Å². The Morgan fingerprint density at radius 3 is 2.71 bits per heavy atom. The van der Waals surface area contributed by atoms with E-state index in [4.69, 9.17) is 4.42 Å². The van der Waals surface area contributed by atoms with Crippen molar-refractivity contribution in [2.24, 2.45) is 0 Å². The molecule has 0 aliphatic heterocycles. The number of pyridine rings is 1. The molecule has 4 rings (SSSR count). The second-order valence-corrected chi connectivity index (χ2v) is 7.91. The summed E-state index contributed by atoms with van der Waals surface area (Å²) in [6, 6.07) is 10.6. The van der Waals surface area contributed by atoms with Crippen molar-refractivity contribution in [3.05, 3.63) is 64.8 Å². The zero-order chi connectivity index (χ0) is 21.8. The maximum absolute atomic E-state index is 12.1. The smallest absolute Gasteiger partial charge is 0.336 e. The van der Waals surface area contributed by atoms with E-state index in [1.54, 1.807) is 24.5 Å². The molecule has 4 aromatic rings. The Morgan fingerprint density at radius 1 is 1.16 bits per heavy atom. The first-order valence-electron chi connectivity index (χ1n) is 9.86. The van der Waals surface area contributed by atoms with E-state index in [1.165, 1.54) is 24.8 Å². The van der Waals surface area contributed by atoms with Gasteiger partial charge in [-0.1, -0.05) is 18.7 Å². The Labute approximate surface area is 182 Å². The van der Waals surface area contributed by atoms with Crippen molar-refractivity contribution in [3.63, 3.8) is 0 Å². The monoisotopic (exact) mass is 435 g/mol. The predicted octanol–water partition coefficient (Wildman–Crippen LogP) is 4.11. The predicted molar refractivity (Wildman–Crippen MR) is 120 cm³/mol. The highest BCUT2D eigenvalue weighted by molar-refractivity contribution is 7.98. The lowest BCUT2D eigenvalue weighted by atomic mass is 10.1. The van der Waals surface area contributed by atoms with Crippen molar-refractivity contribution >= 4 is 34.3 Å². The average molecular weight is 436 g/mol. The van der Waals surface area contributed by atoms with E-state index in [9.17, 15) is 9.59 Å². The third-order valence-electron chi connectivity index (χ3n) is 4.61. The van der Waals surface area contributed by atoms with E-state index >= 15 is 0 Å². The number of nitrogens with zero attached hydrogens (tertiary/aromatic N) is 4. The fourth-order valence-corrected chi connectivity index (χ4v) is 4.26. The number of anilines is 1. The molecule has 0 aliphatic rings. The van der Waals surface area contributed by atoms with E-state index in [0.717, 1.165) is 40.5 Å². The lowest BCUT2D eigenvalue weighted by Gasteiger charge is -2.10. The van der Waals surface area contributed by atoms with Crippen LogP contribution in [0.4, 0.5) is 5.69 Å². The highest BCUT2D eigenvalue weighted by Crippen LogP contribution is 2.29. The Bertz CT molecular complexity index is 1280. The molecule has 3 heterocycles. The summed E-state index contributed by atoms with van der Waals surface area (Å²) in [7, 11) is 0. The summed E-state index contributed by atoms with van der Waals surface area (Å²) in [5.74, 6) is 1.14. The highest BCUT2D eigenvalue weighted by atomic mass is 32.2. The summed E-state index contributed by atoms with van der Waals surface area (Å²) in [5.41, 5.74) is 2.37. The van der Waals surface area contributed by atoms with Crippen LogP contribution in [0.25, 0.3) is 22.4 Å². The first-order chi connectivity index (χ1) is 15.0. The number of hydrogen-bond donors (Lipinski definition) is 1. The number of carbonyl (C=O) groups excluding carboxylic acids is 1. The van der Waals surface area contributed by atoms with Crippen LogP contribution < -0.4 is 10.9 Å². The van der Waals surface area contributed by atoms with Crippen LogP contribution >= 0.6 is 11.8 Å². The molecule has 0 saturated carbocycles. The Morgan fingerprint density at radius 2 is 1.97 bits per heavy atom. The lowest BCUT2D eigenvalue weighted by Crippen LogP contribution is -2.06. The molecule has 0 spiro atoms. The quantitative estimate of drug-likeness (QED) is 0.344. The molecule has 31 heavy (non-hydrogen) atoms. The van der Waals surface area contributed by atoms with Crippen LogP contribution in [0.1, 0.15) is 25.8 Å². The van der Waals surface area contributed by atoms with Crippen LogP contribution in [-0.2, 0) is 17.1 Å². The normalized spacial score (nSPS) is 11.0. The molecule has 0 unspecified atom stereocenters. The van der Waals surface area contributed by atoms with Gasteiger partial charge in [0.05, 0.1) is 0 Å². The highest BCUT2D eigenvalue weighted by Gasteiger charge is 2.15. The van der Waals surface area contributed by atoms with Crippen molar-refractivity contribution in [2.75, 3.05) is 5.32 Å². The number of benzene rings is 1. The van der Waals surface area contributed by atoms with Crippen LogP contribution in [0, 0.1) is 0 Å². The number of aromatic nitrogens is 4. The molecular formula is C22H21N5O3S. The second kappa shape index (κ2) is 9.13. The first kappa shape index (κ1) is 20.8. The Balaban J connectivity index is 1.64. The van der Waals surface area contributed by atoms with Crippen LogP contribution in [0.2, 0.25) is 0 Å². The maximum atomic E-state index is 12.1. The summed E-state index contributed by atoms with van der Waals surface area (Å²) in [6.45, 7) is 4.32. The van der Waals surface area contributed by atoms with Crippen LogP contribution in [0.15, 0.2) is 63.2 Å². The molecule has 158 valence electrons. The number of carbonyl (C=O) groups is 1. The minimum atomic E-state index is -0.435. The second-order valence-electron chi connectivity index (χ2n) is 6.97. The third-order valence-corrected chi connectivity index (χ3v) is 5.63. The number of amides is 1. The average Bonchev–Trinajstić information content (AvgIpc) is 3.14. The van der Waals surface area contributed by atoms with E-state index in [1.807, 2.05) is 18.2 Å². The van der Waals surface area contributed by atoms with Gasteiger partial charge in [-0.15, -0.1) is 10.2 Å². The molecule has 1 N–H and O–H groups in total. The summed E-state index contributed by atoms with van der Waals surface area (Å²) in [6.07, 6.45) is 4.41. The molecule has 0 fully saturated rings. The SMILES string of the molecule is CCCn1c(SCc2cc(=O)oc3cc(NC(C)=O)ccc23)nnc1-c1ccncc1. The fourth-order valence-electron chi connectivity index (χ4n) is 3.31. The molecular weight excluding hydrogens is 414 g/mol. The van der Waals surface area contributed by atoms with Crippen molar-refractivity contribution in [2.45, 2.75) is 37.7 Å². The van der Waals surface area contributed by atoms with Gasteiger partial charge in [-0.3, -0.25) is 9.78 Å². The topological polar surface area (TPSA) is 103 Å². The van der Waals surface area contributed by atoms with Crippen molar-refractivity contribution in [3.8, 4) is 11.4 Å². The third kappa shape index (κ3) is 4.66. The zero-order valence-electron chi connectivity index (χ0n) is 17.2. The van der Waals surface area contributed by atoms with Crippen LogP contribution in [0.3, 0.4) is 0 Å². The van der Waals surface area contributed by atoms with Crippen molar-refractivity contribution < 1.29 is 9.21 Å². The first-order valence-corrected chi connectivity index (χ1v) is 10.8. The summed E-state index contributed by atoms with van der Waals surface area (Å²) in [4.78, 5) is 27.5. The molecule has 9 heteroatoms. The molecule has 1 aromatic carbocycles. The largest absolute Gasteiger partial charge is 0.423 e. The van der Waals surface area contributed by atoms with Gasteiger partial charge in [-0.25, -0.2) is 4.79 Å². The minimum absolute atomic E-state index is 0.186. The van der Waals surface area contributed by atoms with E-state index < -0.39 is 5.63 Å². The fraction of sp³-hybridized carbons (Fsp3) is 0.227. The molecule has 0 saturated heterocycles. The number of fused-ring (bicyclic) bond motifs is 1. The standard InChI is InChI=1S/C22H21N5O3S/c1-3-10-27-21(15-6-8-23-9-7-15)25-26-22(27)31-13-16-11-20(29)30-19-12-17(24-14(2)28)4-5-18(16)19/h4-9,11-12H,3,10,13H2,1-2H3,(H,24,28). The van der Waals surface area contributed by atoms with Gasteiger partial charge in [-0.05, 0) is 36.2 Å². The van der Waals surface area contributed by atoms with E-state index in [2.05, 4.69) is 32.0 Å². The van der Waals surface area contributed by atoms with Gasteiger partial charge in [0.2, 0.25) is 5.91 Å². The van der Waals surface area contributed by atoms with Gasteiger partial charge >= 0.3 is 5.63 Å². The molecule has 8 nitrogen and oxygen atoms in total. The molecule has 3 aromatic heterocycles. The molecule has 0 aliphatic carbocycles. The summed E-state index contributed by atoms with van der Waals surface area (Å²) >= 11 is 1.52. The van der Waals surface area contributed by atoms with Crippen molar-refractivity contribution in [1.82, 2.24) is 19.7 Å². The van der Waals surface area contributed by atoms with Gasteiger partial charge in [0.25, 0.3) is 0 Å². The van der Waals surface area contributed by atoms with E-state index in [-0.39, 0.29) is 5.91 Å². The Kier molecular flexibility index (Phi) is 6.13. The Hall–Kier alpha value is -3.46. The lowest BCUT2D eigenvalue weighted by molar-refractivity contribution is -0.114. The van der Waals surface area contributed by atoms with E-state index in [0.29, 0.717) is 17.0 Å². The number of rotatable bonds is 7. The van der Waals surface area contributed by atoms with Crippen molar-refractivity contribution in [1.29, 1.82) is 0 Å². The number of thioether (sulfide) groups is 1. The number of hydrogen-bond acceptors (Lipinski definition) is 7. The summed E-state index contributed by atoms with van der Waals surface area (Å²) in [5, 5.41) is 13.1. The van der Waals surface area contributed by atoms with Gasteiger partial charge in [-0.2, -0.15) is 0 Å². The molecule has 1 amide bonds. The van der Waals surface area contributed by atoms with Crippen LogP contribution in [-0.4, -0.2) is 25.7 Å². The van der Waals surface area contributed by atoms with Gasteiger partial charge in [0.1, 0.15) is 5.58 Å². The van der Waals surface area contributed by atoms with Gasteiger partial charge in [0.15, 0.2) is 11.0 Å².